The van der Waals surface area contributed by atoms with Crippen molar-refractivity contribution in [3.8, 4) is 5.75 Å². The third-order valence-corrected chi connectivity index (χ3v) is 4.02. The van der Waals surface area contributed by atoms with E-state index in [4.69, 9.17) is 21.4 Å². The molecule has 0 saturated heterocycles. The van der Waals surface area contributed by atoms with E-state index in [2.05, 4.69) is 4.72 Å². The predicted molar refractivity (Wildman–Crippen MR) is 70.4 cm³/mol. The van der Waals surface area contributed by atoms with Gasteiger partial charge < -0.3 is 9.84 Å². The quantitative estimate of drug-likeness (QED) is 0.864. The van der Waals surface area contributed by atoms with Gasteiger partial charge in [-0.25, -0.2) is 17.9 Å². The van der Waals surface area contributed by atoms with Crippen LogP contribution in [-0.4, -0.2) is 32.6 Å². The molecule has 0 fully saturated rings. The first-order chi connectivity index (χ1) is 8.69. The summed E-state index contributed by atoms with van der Waals surface area (Å²) in [7, 11) is -2.71. The number of methoxy groups -OCH3 is 1. The predicted octanol–water partition coefficient (Wildman–Crippen LogP) is 1.73. The van der Waals surface area contributed by atoms with Crippen molar-refractivity contribution in [2.24, 2.45) is 0 Å². The van der Waals surface area contributed by atoms with E-state index in [9.17, 15) is 13.2 Å². The van der Waals surface area contributed by atoms with Gasteiger partial charge in [-0.1, -0.05) is 11.6 Å². The van der Waals surface area contributed by atoms with Gasteiger partial charge in [0, 0.05) is 11.1 Å². The van der Waals surface area contributed by atoms with Gasteiger partial charge >= 0.3 is 5.97 Å². The number of rotatable bonds is 5. The molecule has 2 N–H and O–H groups in total. The Bertz CT molecular complexity index is 597. The molecule has 19 heavy (non-hydrogen) atoms. The molecular weight excluding hydrogens is 294 g/mol. The summed E-state index contributed by atoms with van der Waals surface area (Å²) in [4.78, 5) is 10.8. The molecule has 0 heterocycles. The Labute approximate surface area is 116 Å². The highest BCUT2D eigenvalue weighted by Crippen LogP contribution is 2.31. The molecule has 0 unspecified atom stereocenters. The van der Waals surface area contributed by atoms with Crippen LogP contribution in [0.3, 0.4) is 0 Å². The largest absolute Gasteiger partial charge is 0.494 e. The number of hydrogen-bond acceptors (Lipinski definition) is 4. The fraction of sp³-hybridized carbons (Fsp3) is 0.364. The summed E-state index contributed by atoms with van der Waals surface area (Å²) in [5, 5.41) is 9.04. The lowest BCUT2D eigenvalue weighted by Crippen LogP contribution is -2.30. The molecular formula is C11H14ClNO5S. The maximum absolute atomic E-state index is 12.1. The number of ether oxygens (including phenoxy) is 1. The van der Waals surface area contributed by atoms with Crippen LogP contribution in [-0.2, 0) is 10.0 Å². The molecule has 0 radical (unpaired) electrons. The van der Waals surface area contributed by atoms with Crippen LogP contribution in [0.1, 0.15) is 24.2 Å². The molecule has 0 bridgehead atoms. The molecule has 8 heteroatoms. The van der Waals surface area contributed by atoms with Crippen molar-refractivity contribution in [1.82, 2.24) is 4.72 Å². The maximum atomic E-state index is 12.1. The molecule has 0 aromatic heterocycles. The molecule has 0 aliphatic carbocycles. The molecule has 0 amide bonds. The average molecular weight is 308 g/mol. The molecule has 0 saturated carbocycles. The van der Waals surface area contributed by atoms with Gasteiger partial charge in [0.25, 0.3) is 0 Å². The zero-order valence-electron chi connectivity index (χ0n) is 10.6. The Hall–Kier alpha value is -1.31. The Morgan fingerprint density at radius 3 is 2.42 bits per heavy atom. The summed E-state index contributed by atoms with van der Waals surface area (Å²) < 4.78 is 31.5. The SMILES string of the molecule is COc1c(C(=O)O)cc(Cl)cc1S(=O)(=O)NC(C)C. The van der Waals surface area contributed by atoms with E-state index in [1.165, 1.54) is 7.11 Å². The van der Waals surface area contributed by atoms with Crippen LogP contribution in [0.5, 0.6) is 5.75 Å². The second-order valence-electron chi connectivity index (χ2n) is 4.07. The van der Waals surface area contributed by atoms with Gasteiger partial charge in [0.15, 0.2) is 5.75 Å². The number of hydrogen-bond donors (Lipinski definition) is 2. The molecule has 1 aromatic carbocycles. The van der Waals surface area contributed by atoms with Crippen LogP contribution in [0, 0.1) is 0 Å². The lowest BCUT2D eigenvalue weighted by Gasteiger charge is -2.14. The summed E-state index contributed by atoms with van der Waals surface area (Å²) in [6.45, 7) is 3.29. The van der Waals surface area contributed by atoms with Crippen LogP contribution in [0.4, 0.5) is 0 Å². The Morgan fingerprint density at radius 2 is 2.00 bits per heavy atom. The Morgan fingerprint density at radius 1 is 1.42 bits per heavy atom. The van der Waals surface area contributed by atoms with Gasteiger partial charge in [0.2, 0.25) is 10.0 Å². The zero-order chi connectivity index (χ0) is 14.8. The summed E-state index contributed by atoms with van der Waals surface area (Å²) in [6, 6.07) is 1.94. The van der Waals surface area contributed by atoms with Gasteiger partial charge in [-0.3, -0.25) is 0 Å². The molecule has 0 spiro atoms. The molecule has 0 atom stereocenters. The number of sulfonamides is 1. The smallest absolute Gasteiger partial charge is 0.339 e. The van der Waals surface area contributed by atoms with Crippen molar-refractivity contribution in [2.45, 2.75) is 24.8 Å². The first kappa shape index (κ1) is 15.7. The second-order valence-corrected chi connectivity index (χ2v) is 6.18. The minimum Gasteiger partial charge on any atom is -0.494 e. The highest BCUT2D eigenvalue weighted by atomic mass is 35.5. The minimum absolute atomic E-state index is 0.00216. The topological polar surface area (TPSA) is 92.7 Å². The van der Waals surface area contributed by atoms with Gasteiger partial charge in [-0.05, 0) is 26.0 Å². The number of benzene rings is 1. The molecule has 1 rings (SSSR count). The summed E-state index contributed by atoms with van der Waals surface area (Å²) in [6.07, 6.45) is 0. The molecule has 6 nitrogen and oxygen atoms in total. The fourth-order valence-corrected chi connectivity index (χ4v) is 3.26. The highest BCUT2D eigenvalue weighted by molar-refractivity contribution is 7.89. The second kappa shape index (κ2) is 5.77. The Balaban J connectivity index is 3.55. The lowest BCUT2D eigenvalue weighted by molar-refractivity contribution is 0.0693. The van der Waals surface area contributed by atoms with E-state index >= 15 is 0 Å². The van der Waals surface area contributed by atoms with Crippen molar-refractivity contribution in [2.75, 3.05) is 7.11 Å². The monoisotopic (exact) mass is 307 g/mol. The summed E-state index contributed by atoms with van der Waals surface area (Å²) in [5.74, 6) is -1.56. The number of nitrogens with one attached hydrogen (secondary N) is 1. The fourth-order valence-electron chi connectivity index (χ4n) is 1.51. The number of carbonyl (C=O) groups is 1. The van der Waals surface area contributed by atoms with Crippen LogP contribution >= 0.6 is 11.6 Å². The van der Waals surface area contributed by atoms with E-state index in [0.717, 1.165) is 12.1 Å². The van der Waals surface area contributed by atoms with Gasteiger partial charge in [-0.15, -0.1) is 0 Å². The van der Waals surface area contributed by atoms with Crippen molar-refractivity contribution in [3.05, 3.63) is 22.7 Å². The number of carboxylic acid groups (broad SMARTS) is 1. The van der Waals surface area contributed by atoms with Crippen LogP contribution in [0.2, 0.25) is 5.02 Å². The van der Waals surface area contributed by atoms with E-state index < -0.39 is 16.0 Å². The first-order valence-corrected chi connectivity index (χ1v) is 7.18. The van der Waals surface area contributed by atoms with Crippen molar-refractivity contribution in [1.29, 1.82) is 0 Å². The van der Waals surface area contributed by atoms with E-state index in [1.54, 1.807) is 13.8 Å². The van der Waals surface area contributed by atoms with Gasteiger partial charge in [0.1, 0.15) is 10.5 Å². The van der Waals surface area contributed by atoms with Gasteiger partial charge in [-0.2, -0.15) is 0 Å². The molecule has 1 aromatic rings. The van der Waals surface area contributed by atoms with Crippen LogP contribution in [0.25, 0.3) is 0 Å². The zero-order valence-corrected chi connectivity index (χ0v) is 12.2. The summed E-state index contributed by atoms with van der Waals surface area (Å²) in [5.41, 5.74) is -0.306. The first-order valence-electron chi connectivity index (χ1n) is 5.32. The third kappa shape index (κ3) is 3.59. The molecule has 0 aliphatic rings. The number of aromatic carboxylic acids is 1. The maximum Gasteiger partial charge on any atom is 0.339 e. The number of halogens is 1. The Kier molecular flexibility index (Phi) is 4.78. The van der Waals surface area contributed by atoms with Crippen LogP contribution in [0.15, 0.2) is 17.0 Å². The lowest BCUT2D eigenvalue weighted by atomic mass is 10.2. The average Bonchev–Trinajstić information content (AvgIpc) is 2.25. The van der Waals surface area contributed by atoms with E-state index in [-0.39, 0.29) is 27.3 Å². The molecule has 106 valence electrons. The van der Waals surface area contributed by atoms with E-state index in [1.807, 2.05) is 0 Å². The number of carboxylic acids is 1. The van der Waals surface area contributed by atoms with Crippen molar-refractivity contribution >= 4 is 27.6 Å². The normalized spacial score (nSPS) is 11.6. The van der Waals surface area contributed by atoms with Crippen molar-refractivity contribution < 1.29 is 23.1 Å². The third-order valence-electron chi connectivity index (χ3n) is 2.13. The van der Waals surface area contributed by atoms with Crippen molar-refractivity contribution in [3.63, 3.8) is 0 Å². The minimum atomic E-state index is -3.90. The molecule has 0 aliphatic heterocycles. The standard InChI is InChI=1S/C11H14ClNO5S/c1-6(2)13-19(16,17)9-5-7(12)4-8(11(14)15)10(9)18-3/h4-6,13H,1-3H3,(H,14,15). The van der Waals surface area contributed by atoms with Gasteiger partial charge in [0.05, 0.1) is 7.11 Å². The summed E-state index contributed by atoms with van der Waals surface area (Å²) >= 11 is 5.75. The highest BCUT2D eigenvalue weighted by Gasteiger charge is 2.26. The van der Waals surface area contributed by atoms with Crippen LogP contribution < -0.4 is 9.46 Å². The van der Waals surface area contributed by atoms with E-state index in [0.29, 0.717) is 0 Å².